The maximum absolute atomic E-state index is 5.94. The molecule has 0 aliphatic heterocycles. The zero-order valence-electron chi connectivity index (χ0n) is 8.33. The first-order valence-corrected chi connectivity index (χ1v) is 5.42. The first kappa shape index (κ1) is 9.66. The van der Waals surface area contributed by atoms with Gasteiger partial charge in [0.2, 0.25) is 0 Å². The van der Waals surface area contributed by atoms with Crippen LogP contribution in [0.1, 0.15) is 19.8 Å². The molecule has 0 saturated heterocycles. The number of nitrogen functional groups attached to an aromatic ring is 1. The number of anilines is 2. The van der Waals surface area contributed by atoms with Gasteiger partial charge in [-0.15, -0.1) is 0 Å². The van der Waals surface area contributed by atoms with Crippen LogP contribution in [0.4, 0.5) is 11.4 Å². The summed E-state index contributed by atoms with van der Waals surface area (Å²) in [5.74, 6) is 0. The zero-order valence-corrected chi connectivity index (χ0v) is 9.09. The molecule has 0 aromatic heterocycles. The van der Waals surface area contributed by atoms with Crippen molar-refractivity contribution < 1.29 is 0 Å². The van der Waals surface area contributed by atoms with Crippen molar-refractivity contribution >= 4 is 23.0 Å². The predicted octanol–water partition coefficient (Wildman–Crippen LogP) is 2.91. The lowest BCUT2D eigenvalue weighted by Gasteiger charge is -2.24. The van der Waals surface area contributed by atoms with Crippen LogP contribution < -0.4 is 10.6 Å². The minimum atomic E-state index is 0.698. The monoisotopic (exact) mass is 210 g/mol. The Bertz CT molecular complexity index is 334. The zero-order chi connectivity index (χ0) is 10.1. The third-order valence-electron chi connectivity index (χ3n) is 2.63. The number of nitrogens with two attached hydrogens (primary N) is 1. The van der Waals surface area contributed by atoms with E-state index in [2.05, 4.69) is 11.8 Å². The number of nitrogens with zero attached hydrogens (tertiary/aromatic N) is 1. The average molecular weight is 211 g/mol. The van der Waals surface area contributed by atoms with E-state index in [-0.39, 0.29) is 0 Å². The molecule has 0 amide bonds. The maximum atomic E-state index is 5.94. The van der Waals surface area contributed by atoms with Crippen LogP contribution in [-0.4, -0.2) is 12.6 Å². The third-order valence-corrected chi connectivity index (χ3v) is 2.86. The molecule has 0 atom stereocenters. The molecule has 0 bridgehead atoms. The second kappa shape index (κ2) is 3.70. The van der Waals surface area contributed by atoms with Crippen molar-refractivity contribution in [2.75, 3.05) is 17.2 Å². The van der Waals surface area contributed by atoms with Crippen molar-refractivity contribution in [2.24, 2.45) is 0 Å². The summed E-state index contributed by atoms with van der Waals surface area (Å²) in [6.07, 6.45) is 2.58. The van der Waals surface area contributed by atoms with Gasteiger partial charge in [-0.05, 0) is 38.0 Å². The highest BCUT2D eigenvalue weighted by Gasteiger charge is 2.28. The van der Waals surface area contributed by atoms with E-state index in [0.29, 0.717) is 11.1 Å². The molecule has 2 nitrogen and oxygen atoms in total. The molecule has 2 rings (SSSR count). The van der Waals surface area contributed by atoms with Gasteiger partial charge >= 0.3 is 0 Å². The second-order valence-corrected chi connectivity index (χ2v) is 4.16. The van der Waals surface area contributed by atoms with Gasteiger partial charge in [-0.25, -0.2) is 0 Å². The van der Waals surface area contributed by atoms with Gasteiger partial charge in [0.05, 0.1) is 11.4 Å². The fraction of sp³-hybridized carbons (Fsp3) is 0.455. The molecule has 0 radical (unpaired) electrons. The van der Waals surface area contributed by atoms with Gasteiger partial charge in [0.25, 0.3) is 0 Å². The van der Waals surface area contributed by atoms with E-state index in [1.807, 2.05) is 18.2 Å². The van der Waals surface area contributed by atoms with Gasteiger partial charge in [-0.1, -0.05) is 11.6 Å². The molecule has 14 heavy (non-hydrogen) atoms. The van der Waals surface area contributed by atoms with E-state index in [0.717, 1.165) is 17.9 Å². The lowest BCUT2D eigenvalue weighted by Crippen LogP contribution is -2.25. The fourth-order valence-corrected chi connectivity index (χ4v) is 1.98. The lowest BCUT2D eigenvalue weighted by atomic mass is 10.2. The van der Waals surface area contributed by atoms with E-state index in [1.165, 1.54) is 12.8 Å². The van der Waals surface area contributed by atoms with Gasteiger partial charge in [0, 0.05) is 17.6 Å². The van der Waals surface area contributed by atoms with Crippen molar-refractivity contribution in [2.45, 2.75) is 25.8 Å². The van der Waals surface area contributed by atoms with Crippen LogP contribution in [0.2, 0.25) is 5.02 Å². The third kappa shape index (κ3) is 1.80. The van der Waals surface area contributed by atoms with Crippen molar-refractivity contribution in [3.8, 4) is 0 Å². The summed E-state index contributed by atoms with van der Waals surface area (Å²) in [4.78, 5) is 2.35. The summed E-state index contributed by atoms with van der Waals surface area (Å²) in [6.45, 7) is 3.17. The number of hydrogen-bond donors (Lipinski definition) is 1. The van der Waals surface area contributed by atoms with Gasteiger partial charge < -0.3 is 10.6 Å². The molecular formula is C11H15ClN2. The highest BCUT2D eigenvalue weighted by atomic mass is 35.5. The van der Waals surface area contributed by atoms with Crippen molar-refractivity contribution in [3.63, 3.8) is 0 Å². The molecular weight excluding hydrogens is 196 g/mol. The Morgan fingerprint density at radius 2 is 2.21 bits per heavy atom. The number of hydrogen-bond acceptors (Lipinski definition) is 2. The minimum absolute atomic E-state index is 0.698. The standard InChI is InChI=1S/C11H15ClN2/c1-2-14(9-4-5-9)11-6-3-8(12)7-10(11)13/h3,6-7,9H,2,4-5,13H2,1H3. The molecule has 1 aromatic rings. The fourth-order valence-electron chi connectivity index (χ4n) is 1.80. The quantitative estimate of drug-likeness (QED) is 0.778. The van der Waals surface area contributed by atoms with Gasteiger partial charge in [-0.2, -0.15) is 0 Å². The van der Waals surface area contributed by atoms with Crippen LogP contribution in [-0.2, 0) is 0 Å². The first-order chi connectivity index (χ1) is 6.72. The number of benzene rings is 1. The summed E-state index contributed by atoms with van der Waals surface area (Å²) in [5, 5.41) is 0.707. The Labute approximate surface area is 89.7 Å². The Morgan fingerprint density at radius 1 is 1.50 bits per heavy atom. The van der Waals surface area contributed by atoms with E-state index in [1.54, 1.807) is 0 Å². The molecule has 76 valence electrons. The average Bonchev–Trinajstić information content (AvgIpc) is 2.93. The molecule has 0 heterocycles. The normalized spacial score (nSPS) is 15.6. The number of halogens is 1. The molecule has 0 unspecified atom stereocenters. The Hall–Kier alpha value is -0.890. The van der Waals surface area contributed by atoms with Crippen molar-refractivity contribution in [1.82, 2.24) is 0 Å². The van der Waals surface area contributed by atoms with E-state index in [9.17, 15) is 0 Å². The SMILES string of the molecule is CCN(c1ccc(Cl)cc1N)C1CC1. The number of rotatable bonds is 3. The van der Waals surface area contributed by atoms with Crippen LogP contribution >= 0.6 is 11.6 Å². The Kier molecular flexibility index (Phi) is 2.55. The second-order valence-electron chi connectivity index (χ2n) is 3.72. The highest BCUT2D eigenvalue weighted by Crippen LogP contribution is 2.35. The molecule has 1 aliphatic carbocycles. The summed E-state index contributed by atoms with van der Waals surface area (Å²) in [5.41, 5.74) is 7.85. The topological polar surface area (TPSA) is 29.3 Å². The summed E-state index contributed by atoms with van der Waals surface area (Å²) < 4.78 is 0. The summed E-state index contributed by atoms with van der Waals surface area (Å²) in [6, 6.07) is 6.43. The van der Waals surface area contributed by atoms with Gasteiger partial charge in [-0.3, -0.25) is 0 Å². The molecule has 2 N–H and O–H groups in total. The molecule has 1 aliphatic rings. The summed E-state index contributed by atoms with van der Waals surface area (Å²) >= 11 is 5.86. The Morgan fingerprint density at radius 3 is 2.71 bits per heavy atom. The van der Waals surface area contributed by atoms with Crippen LogP contribution in [0.3, 0.4) is 0 Å². The first-order valence-electron chi connectivity index (χ1n) is 5.04. The predicted molar refractivity (Wildman–Crippen MR) is 61.9 cm³/mol. The van der Waals surface area contributed by atoms with Crippen LogP contribution in [0.25, 0.3) is 0 Å². The molecule has 1 fully saturated rings. The van der Waals surface area contributed by atoms with Gasteiger partial charge in [0.1, 0.15) is 0 Å². The minimum Gasteiger partial charge on any atom is -0.397 e. The maximum Gasteiger partial charge on any atom is 0.0603 e. The van der Waals surface area contributed by atoms with Crippen LogP contribution in [0, 0.1) is 0 Å². The highest BCUT2D eigenvalue weighted by molar-refractivity contribution is 6.31. The lowest BCUT2D eigenvalue weighted by molar-refractivity contribution is 0.828. The van der Waals surface area contributed by atoms with Gasteiger partial charge in [0.15, 0.2) is 0 Å². The largest absolute Gasteiger partial charge is 0.397 e. The smallest absolute Gasteiger partial charge is 0.0603 e. The van der Waals surface area contributed by atoms with Crippen LogP contribution in [0.5, 0.6) is 0 Å². The molecule has 1 saturated carbocycles. The molecule has 0 spiro atoms. The Balaban J connectivity index is 2.29. The summed E-state index contributed by atoms with van der Waals surface area (Å²) in [7, 11) is 0. The van der Waals surface area contributed by atoms with Crippen molar-refractivity contribution in [3.05, 3.63) is 23.2 Å². The van der Waals surface area contributed by atoms with Crippen LogP contribution in [0.15, 0.2) is 18.2 Å². The van der Waals surface area contributed by atoms with Crippen molar-refractivity contribution in [1.29, 1.82) is 0 Å². The van der Waals surface area contributed by atoms with E-state index < -0.39 is 0 Å². The van der Waals surface area contributed by atoms with E-state index >= 15 is 0 Å². The molecule has 3 heteroatoms. The molecule has 1 aromatic carbocycles. The van der Waals surface area contributed by atoms with E-state index in [4.69, 9.17) is 17.3 Å².